The third-order valence-electron chi connectivity index (χ3n) is 3.26. The van der Waals surface area contributed by atoms with Crippen molar-refractivity contribution in [2.75, 3.05) is 12.4 Å². The van der Waals surface area contributed by atoms with Crippen LogP contribution in [-0.2, 0) is 4.79 Å². The molecule has 2 nitrogen and oxygen atoms in total. The first-order chi connectivity index (χ1) is 6.96. The highest BCUT2D eigenvalue weighted by Crippen LogP contribution is 2.36. The first-order valence-electron chi connectivity index (χ1n) is 5.80. The monoisotopic (exact) mass is 231 g/mol. The van der Waals surface area contributed by atoms with Crippen molar-refractivity contribution >= 4 is 17.5 Å². The zero-order valence-corrected chi connectivity index (χ0v) is 10.7. The molecule has 1 amide bonds. The summed E-state index contributed by atoms with van der Waals surface area (Å²) in [6.07, 6.45) is 3.38. The highest BCUT2D eigenvalue weighted by atomic mass is 35.5. The number of halogens is 1. The number of carbonyl (C=O) groups is 1. The van der Waals surface area contributed by atoms with Crippen LogP contribution in [0.15, 0.2) is 0 Å². The van der Waals surface area contributed by atoms with Crippen LogP contribution in [-0.4, -0.2) is 18.3 Å². The molecule has 1 rings (SSSR count). The lowest BCUT2D eigenvalue weighted by atomic mass is 9.90. The average Bonchev–Trinajstić information content (AvgIpc) is 2.96. The number of hydrogen-bond donors (Lipinski definition) is 1. The summed E-state index contributed by atoms with van der Waals surface area (Å²) >= 11 is 5.71. The predicted molar refractivity (Wildman–Crippen MR) is 64.0 cm³/mol. The summed E-state index contributed by atoms with van der Waals surface area (Å²) in [6, 6.07) is 0. The van der Waals surface area contributed by atoms with E-state index in [9.17, 15) is 4.79 Å². The van der Waals surface area contributed by atoms with E-state index in [4.69, 9.17) is 11.6 Å². The Morgan fingerprint density at radius 1 is 1.53 bits per heavy atom. The third-order valence-corrected chi connectivity index (χ3v) is 3.44. The maximum atomic E-state index is 11.7. The molecule has 0 saturated heterocycles. The van der Waals surface area contributed by atoms with E-state index in [1.807, 2.05) is 6.92 Å². The van der Waals surface area contributed by atoms with Gasteiger partial charge in [0.15, 0.2) is 0 Å². The minimum absolute atomic E-state index is 0.112. The molecule has 0 aromatic heterocycles. The quantitative estimate of drug-likeness (QED) is 0.700. The van der Waals surface area contributed by atoms with Crippen molar-refractivity contribution in [3.05, 3.63) is 0 Å². The maximum absolute atomic E-state index is 11.7. The molecule has 0 bridgehead atoms. The number of nitrogens with one attached hydrogen (secondary N) is 1. The molecule has 1 aliphatic rings. The van der Waals surface area contributed by atoms with Crippen molar-refractivity contribution in [3.63, 3.8) is 0 Å². The highest BCUT2D eigenvalue weighted by molar-refractivity contribution is 6.17. The van der Waals surface area contributed by atoms with Gasteiger partial charge in [-0.05, 0) is 30.6 Å². The summed E-state index contributed by atoms with van der Waals surface area (Å²) in [7, 11) is 0. The molecule has 1 N–H and O–H groups in total. The van der Waals surface area contributed by atoms with Crippen molar-refractivity contribution in [1.29, 1.82) is 0 Å². The Hall–Kier alpha value is -0.240. The smallest absolute Gasteiger partial charge is 0.223 e. The molecule has 0 radical (unpaired) electrons. The van der Waals surface area contributed by atoms with Crippen LogP contribution >= 0.6 is 11.6 Å². The minimum Gasteiger partial charge on any atom is -0.355 e. The standard InChI is InChI=1S/C12H22ClNO/c1-9(10-4-5-10)11(15)14-8-12(2,3)6-7-13/h9-10H,4-8H2,1-3H3,(H,14,15). The summed E-state index contributed by atoms with van der Waals surface area (Å²) < 4.78 is 0. The number of hydrogen-bond acceptors (Lipinski definition) is 1. The summed E-state index contributed by atoms with van der Waals surface area (Å²) in [5.41, 5.74) is 0.112. The first-order valence-corrected chi connectivity index (χ1v) is 6.33. The number of alkyl halides is 1. The molecule has 0 aromatic rings. The van der Waals surface area contributed by atoms with Gasteiger partial charge in [0.25, 0.3) is 0 Å². The minimum atomic E-state index is 0.112. The zero-order valence-electron chi connectivity index (χ0n) is 9.98. The van der Waals surface area contributed by atoms with Crippen LogP contribution in [0.3, 0.4) is 0 Å². The normalized spacial score (nSPS) is 18.7. The second-order valence-electron chi connectivity index (χ2n) is 5.45. The number of amides is 1. The summed E-state index contributed by atoms with van der Waals surface area (Å²) in [6.45, 7) is 7.03. The number of carbonyl (C=O) groups excluding carboxylic acids is 1. The van der Waals surface area contributed by atoms with Gasteiger partial charge in [-0.15, -0.1) is 11.6 Å². The van der Waals surface area contributed by atoms with Crippen LogP contribution in [0.5, 0.6) is 0 Å². The molecule has 0 aliphatic heterocycles. The third kappa shape index (κ3) is 4.42. The second-order valence-corrected chi connectivity index (χ2v) is 5.83. The average molecular weight is 232 g/mol. The summed E-state index contributed by atoms with van der Waals surface area (Å²) in [5.74, 6) is 1.69. The maximum Gasteiger partial charge on any atom is 0.223 e. The summed E-state index contributed by atoms with van der Waals surface area (Å²) in [5, 5.41) is 3.03. The molecule has 1 fully saturated rings. The van der Waals surface area contributed by atoms with Crippen LogP contribution in [0.4, 0.5) is 0 Å². The molecule has 0 spiro atoms. The molecule has 1 aliphatic carbocycles. The van der Waals surface area contributed by atoms with E-state index < -0.39 is 0 Å². The molecular weight excluding hydrogens is 210 g/mol. The van der Waals surface area contributed by atoms with Gasteiger partial charge in [-0.25, -0.2) is 0 Å². The SMILES string of the molecule is CC(C(=O)NCC(C)(C)CCCl)C1CC1. The van der Waals surface area contributed by atoms with E-state index in [0.717, 1.165) is 13.0 Å². The predicted octanol–water partition coefficient (Wildman–Crippen LogP) is 2.80. The Kier molecular flexibility index (Phi) is 4.45. The van der Waals surface area contributed by atoms with Crippen molar-refractivity contribution in [2.45, 2.75) is 40.0 Å². The van der Waals surface area contributed by atoms with Crippen molar-refractivity contribution < 1.29 is 4.79 Å². The van der Waals surface area contributed by atoms with E-state index in [1.165, 1.54) is 12.8 Å². The van der Waals surface area contributed by atoms with Gasteiger partial charge in [0.2, 0.25) is 5.91 Å². The Morgan fingerprint density at radius 2 is 2.13 bits per heavy atom. The van der Waals surface area contributed by atoms with Crippen LogP contribution in [0.2, 0.25) is 0 Å². The van der Waals surface area contributed by atoms with Gasteiger partial charge in [-0.1, -0.05) is 20.8 Å². The molecular formula is C12H22ClNO. The lowest BCUT2D eigenvalue weighted by Crippen LogP contribution is -2.37. The fourth-order valence-electron chi connectivity index (χ4n) is 1.64. The van der Waals surface area contributed by atoms with E-state index in [0.29, 0.717) is 11.8 Å². The van der Waals surface area contributed by atoms with Crippen LogP contribution < -0.4 is 5.32 Å². The summed E-state index contributed by atoms with van der Waals surface area (Å²) in [4.78, 5) is 11.7. The van der Waals surface area contributed by atoms with E-state index in [2.05, 4.69) is 19.2 Å². The largest absolute Gasteiger partial charge is 0.355 e. The van der Waals surface area contributed by atoms with Crippen LogP contribution in [0.1, 0.15) is 40.0 Å². The molecule has 1 unspecified atom stereocenters. The Morgan fingerprint density at radius 3 is 2.60 bits per heavy atom. The van der Waals surface area contributed by atoms with Crippen LogP contribution in [0, 0.1) is 17.3 Å². The van der Waals surface area contributed by atoms with Gasteiger partial charge in [0.05, 0.1) is 0 Å². The molecule has 0 aromatic carbocycles. The Labute approximate surface area is 97.8 Å². The van der Waals surface area contributed by atoms with Crippen LogP contribution in [0.25, 0.3) is 0 Å². The number of rotatable bonds is 6. The molecule has 88 valence electrons. The fraction of sp³-hybridized carbons (Fsp3) is 0.917. The molecule has 1 saturated carbocycles. The van der Waals surface area contributed by atoms with E-state index in [-0.39, 0.29) is 17.2 Å². The van der Waals surface area contributed by atoms with Gasteiger partial charge >= 0.3 is 0 Å². The van der Waals surface area contributed by atoms with Gasteiger partial charge in [-0.2, -0.15) is 0 Å². The Balaban J connectivity index is 2.26. The first kappa shape index (κ1) is 12.8. The second kappa shape index (κ2) is 5.20. The van der Waals surface area contributed by atoms with Crippen molar-refractivity contribution in [1.82, 2.24) is 5.32 Å². The van der Waals surface area contributed by atoms with Gasteiger partial charge < -0.3 is 5.32 Å². The lowest BCUT2D eigenvalue weighted by Gasteiger charge is -2.24. The zero-order chi connectivity index (χ0) is 11.5. The van der Waals surface area contributed by atoms with Gasteiger partial charge in [0.1, 0.15) is 0 Å². The van der Waals surface area contributed by atoms with Crippen molar-refractivity contribution in [2.24, 2.45) is 17.3 Å². The van der Waals surface area contributed by atoms with Gasteiger partial charge in [0, 0.05) is 18.3 Å². The topological polar surface area (TPSA) is 29.1 Å². The molecule has 3 heteroatoms. The molecule has 15 heavy (non-hydrogen) atoms. The van der Waals surface area contributed by atoms with Crippen molar-refractivity contribution in [3.8, 4) is 0 Å². The lowest BCUT2D eigenvalue weighted by molar-refractivity contribution is -0.125. The molecule has 0 heterocycles. The Bertz CT molecular complexity index is 224. The van der Waals surface area contributed by atoms with Gasteiger partial charge in [-0.3, -0.25) is 4.79 Å². The molecule has 1 atom stereocenters. The highest BCUT2D eigenvalue weighted by Gasteiger charge is 2.32. The van der Waals surface area contributed by atoms with E-state index >= 15 is 0 Å². The van der Waals surface area contributed by atoms with E-state index in [1.54, 1.807) is 0 Å². The fourth-order valence-corrected chi connectivity index (χ4v) is 2.15.